The zero-order chi connectivity index (χ0) is 18.0. The van der Waals surface area contributed by atoms with Gasteiger partial charge >= 0.3 is 0 Å². The molecule has 0 atom stereocenters. The van der Waals surface area contributed by atoms with E-state index in [1.807, 2.05) is 19.1 Å². The number of halogens is 1. The van der Waals surface area contributed by atoms with E-state index in [0.717, 1.165) is 5.56 Å². The van der Waals surface area contributed by atoms with Gasteiger partial charge in [0.2, 0.25) is 0 Å². The minimum absolute atomic E-state index is 0.153. The van der Waals surface area contributed by atoms with Gasteiger partial charge in [-0.3, -0.25) is 9.59 Å². The summed E-state index contributed by atoms with van der Waals surface area (Å²) < 4.78 is 0. The van der Waals surface area contributed by atoms with Crippen LogP contribution in [0.4, 0.5) is 5.69 Å². The molecule has 0 saturated carbocycles. The lowest BCUT2D eigenvalue weighted by Gasteiger charge is -2.08. The van der Waals surface area contributed by atoms with E-state index in [4.69, 9.17) is 17.3 Å². The summed E-state index contributed by atoms with van der Waals surface area (Å²) in [4.78, 5) is 25.4. The molecular weight excluding hydrogens is 334 g/mol. The van der Waals surface area contributed by atoms with Crippen molar-refractivity contribution in [3.05, 3.63) is 99.6 Å². The molecule has 0 bridgehead atoms. The quantitative estimate of drug-likeness (QED) is 0.549. The second-order valence-corrected chi connectivity index (χ2v) is 6.27. The number of aryl methyl sites for hydroxylation is 1. The Hall–Kier alpha value is -2.91. The van der Waals surface area contributed by atoms with Crippen molar-refractivity contribution in [1.82, 2.24) is 0 Å². The van der Waals surface area contributed by atoms with Gasteiger partial charge in [-0.25, -0.2) is 0 Å². The molecule has 0 fully saturated rings. The smallest absolute Gasteiger partial charge is 0.195 e. The van der Waals surface area contributed by atoms with E-state index in [0.29, 0.717) is 33.0 Å². The molecule has 0 heterocycles. The Morgan fingerprint density at radius 2 is 1.44 bits per heavy atom. The van der Waals surface area contributed by atoms with Crippen molar-refractivity contribution < 1.29 is 9.59 Å². The van der Waals surface area contributed by atoms with Crippen LogP contribution in [0.25, 0.3) is 0 Å². The number of rotatable bonds is 4. The van der Waals surface area contributed by atoms with E-state index in [9.17, 15) is 9.59 Å². The van der Waals surface area contributed by atoms with Gasteiger partial charge in [0.1, 0.15) is 0 Å². The first kappa shape index (κ1) is 16.9. The van der Waals surface area contributed by atoms with Crippen LogP contribution < -0.4 is 5.73 Å². The first-order chi connectivity index (χ1) is 12.0. The molecule has 0 radical (unpaired) electrons. The van der Waals surface area contributed by atoms with E-state index >= 15 is 0 Å². The van der Waals surface area contributed by atoms with Crippen molar-refractivity contribution in [2.45, 2.75) is 6.92 Å². The lowest BCUT2D eigenvalue weighted by molar-refractivity contribution is 0.103. The maximum Gasteiger partial charge on any atom is 0.195 e. The van der Waals surface area contributed by atoms with Crippen LogP contribution in [0.2, 0.25) is 5.02 Å². The van der Waals surface area contributed by atoms with Crippen molar-refractivity contribution in [2.24, 2.45) is 0 Å². The normalized spacial score (nSPS) is 10.5. The highest BCUT2D eigenvalue weighted by atomic mass is 35.5. The van der Waals surface area contributed by atoms with Crippen LogP contribution in [-0.4, -0.2) is 11.6 Å². The summed E-state index contributed by atoms with van der Waals surface area (Å²) in [6, 6.07) is 18.7. The van der Waals surface area contributed by atoms with E-state index in [1.165, 1.54) is 0 Å². The van der Waals surface area contributed by atoms with Crippen molar-refractivity contribution in [2.75, 3.05) is 5.73 Å². The fraction of sp³-hybridized carbons (Fsp3) is 0.0476. The molecule has 3 aromatic carbocycles. The third-order valence-electron chi connectivity index (χ3n) is 3.96. The van der Waals surface area contributed by atoms with E-state index in [-0.39, 0.29) is 11.6 Å². The fourth-order valence-corrected chi connectivity index (χ4v) is 2.74. The first-order valence-corrected chi connectivity index (χ1v) is 8.14. The highest BCUT2D eigenvalue weighted by Crippen LogP contribution is 2.22. The van der Waals surface area contributed by atoms with E-state index in [1.54, 1.807) is 54.6 Å². The molecule has 4 heteroatoms. The van der Waals surface area contributed by atoms with Gasteiger partial charge in [-0.05, 0) is 37.3 Å². The van der Waals surface area contributed by atoms with Gasteiger partial charge in [-0.1, -0.05) is 53.6 Å². The van der Waals surface area contributed by atoms with Crippen LogP contribution in [0, 0.1) is 6.92 Å². The minimum Gasteiger partial charge on any atom is -0.398 e. The van der Waals surface area contributed by atoms with Gasteiger partial charge in [0.25, 0.3) is 0 Å². The van der Waals surface area contributed by atoms with Crippen molar-refractivity contribution in [3.63, 3.8) is 0 Å². The summed E-state index contributed by atoms with van der Waals surface area (Å²) >= 11 is 5.95. The molecule has 25 heavy (non-hydrogen) atoms. The SMILES string of the molecule is Cc1ccc(C(=O)c2ccc(N)c(C(=O)c3cccc(Cl)c3)c2)cc1. The third kappa shape index (κ3) is 3.62. The molecule has 0 unspecified atom stereocenters. The van der Waals surface area contributed by atoms with E-state index in [2.05, 4.69) is 0 Å². The fourth-order valence-electron chi connectivity index (χ4n) is 2.55. The summed E-state index contributed by atoms with van der Waals surface area (Å²) in [7, 11) is 0. The number of anilines is 1. The Labute approximate surface area is 151 Å². The second kappa shape index (κ2) is 6.91. The Morgan fingerprint density at radius 3 is 2.12 bits per heavy atom. The largest absolute Gasteiger partial charge is 0.398 e. The molecular formula is C21H16ClNO2. The average molecular weight is 350 g/mol. The highest BCUT2D eigenvalue weighted by Gasteiger charge is 2.16. The lowest BCUT2D eigenvalue weighted by Crippen LogP contribution is -2.09. The lowest BCUT2D eigenvalue weighted by atomic mass is 9.96. The Kier molecular flexibility index (Phi) is 4.68. The zero-order valence-corrected chi connectivity index (χ0v) is 14.4. The maximum atomic E-state index is 12.7. The first-order valence-electron chi connectivity index (χ1n) is 7.77. The van der Waals surface area contributed by atoms with Crippen LogP contribution in [0.1, 0.15) is 37.4 Å². The van der Waals surface area contributed by atoms with Crippen LogP contribution in [-0.2, 0) is 0 Å². The van der Waals surface area contributed by atoms with Gasteiger partial charge in [-0.2, -0.15) is 0 Å². The predicted molar refractivity (Wildman–Crippen MR) is 100 cm³/mol. The summed E-state index contributed by atoms with van der Waals surface area (Å²) in [6.07, 6.45) is 0. The predicted octanol–water partition coefficient (Wildman–Crippen LogP) is 4.69. The van der Waals surface area contributed by atoms with E-state index < -0.39 is 0 Å². The molecule has 3 rings (SSSR count). The number of nitrogens with two attached hydrogens (primary N) is 1. The minimum atomic E-state index is -0.265. The van der Waals surface area contributed by atoms with Crippen molar-refractivity contribution in [1.29, 1.82) is 0 Å². The van der Waals surface area contributed by atoms with Crippen LogP contribution in [0.5, 0.6) is 0 Å². The van der Waals surface area contributed by atoms with Crippen LogP contribution in [0.15, 0.2) is 66.7 Å². The Bertz CT molecular complexity index is 962. The van der Waals surface area contributed by atoms with Crippen LogP contribution >= 0.6 is 11.6 Å². The third-order valence-corrected chi connectivity index (χ3v) is 4.20. The number of nitrogen functional groups attached to an aromatic ring is 1. The summed E-state index contributed by atoms with van der Waals surface area (Å²) in [6.45, 7) is 1.96. The number of hydrogen-bond acceptors (Lipinski definition) is 3. The molecule has 0 aliphatic carbocycles. The second-order valence-electron chi connectivity index (χ2n) is 5.84. The molecule has 3 nitrogen and oxygen atoms in total. The number of ketones is 2. The molecule has 3 aromatic rings. The van der Waals surface area contributed by atoms with Crippen molar-refractivity contribution in [3.8, 4) is 0 Å². The van der Waals surface area contributed by atoms with Gasteiger partial charge < -0.3 is 5.73 Å². The monoisotopic (exact) mass is 349 g/mol. The van der Waals surface area contributed by atoms with Crippen LogP contribution in [0.3, 0.4) is 0 Å². The Balaban J connectivity index is 1.99. The number of benzene rings is 3. The molecule has 0 aliphatic heterocycles. The van der Waals surface area contributed by atoms with Gasteiger partial charge in [0.15, 0.2) is 11.6 Å². The topological polar surface area (TPSA) is 60.2 Å². The van der Waals surface area contributed by atoms with Crippen molar-refractivity contribution >= 4 is 28.9 Å². The molecule has 0 amide bonds. The maximum absolute atomic E-state index is 12.7. The Morgan fingerprint density at radius 1 is 0.800 bits per heavy atom. The standard InChI is InChI=1S/C21H16ClNO2/c1-13-5-7-14(8-6-13)20(24)16-9-10-19(23)18(12-16)21(25)15-3-2-4-17(22)11-15/h2-12H,23H2,1H3. The van der Waals surface area contributed by atoms with Gasteiger partial charge in [0.05, 0.1) is 0 Å². The molecule has 0 aromatic heterocycles. The highest BCUT2D eigenvalue weighted by molar-refractivity contribution is 6.31. The number of hydrogen-bond donors (Lipinski definition) is 1. The molecule has 124 valence electrons. The summed E-state index contributed by atoms with van der Waals surface area (Å²) in [5.41, 5.74) is 9.07. The van der Waals surface area contributed by atoms with Gasteiger partial charge in [0, 0.05) is 33.0 Å². The zero-order valence-electron chi connectivity index (χ0n) is 13.6. The van der Waals surface area contributed by atoms with Gasteiger partial charge in [-0.15, -0.1) is 0 Å². The molecule has 0 spiro atoms. The number of carbonyl (C=O) groups excluding carboxylic acids is 2. The average Bonchev–Trinajstić information content (AvgIpc) is 2.61. The summed E-state index contributed by atoms with van der Waals surface area (Å²) in [5.74, 6) is -0.418. The molecule has 0 aliphatic rings. The molecule has 0 saturated heterocycles. The summed E-state index contributed by atoms with van der Waals surface area (Å²) in [5, 5.41) is 0.469. The molecule has 2 N–H and O–H groups in total. The number of carbonyl (C=O) groups is 2.